The molecule has 2 aliphatic rings. The van der Waals surface area contributed by atoms with Gasteiger partial charge in [-0.25, -0.2) is 0 Å². The van der Waals surface area contributed by atoms with Gasteiger partial charge in [0.2, 0.25) is 5.91 Å². The Morgan fingerprint density at radius 3 is 2.46 bits per heavy atom. The molecule has 0 bridgehead atoms. The van der Waals surface area contributed by atoms with E-state index in [1.54, 1.807) is 6.92 Å². The summed E-state index contributed by atoms with van der Waals surface area (Å²) in [5.41, 5.74) is 5.86. The number of carbonyl (C=O) groups is 1. The zero-order chi connectivity index (χ0) is 18.0. The van der Waals surface area contributed by atoms with Gasteiger partial charge in [0.05, 0.1) is 12.5 Å². The predicted octanol–water partition coefficient (Wildman–Crippen LogP) is 3.47. The molecule has 1 aliphatic heterocycles. The van der Waals surface area contributed by atoms with Crippen LogP contribution in [0.2, 0.25) is 0 Å². The van der Waals surface area contributed by atoms with Crippen LogP contribution >= 0.6 is 24.8 Å². The van der Waals surface area contributed by atoms with Crippen LogP contribution in [0, 0.1) is 11.8 Å². The van der Waals surface area contributed by atoms with Crippen LogP contribution in [0.1, 0.15) is 46.0 Å². The third-order valence-electron chi connectivity index (χ3n) is 5.52. The van der Waals surface area contributed by atoms with E-state index in [0.717, 1.165) is 32.1 Å². The molecule has 0 spiro atoms. The molecule has 1 saturated heterocycles. The average molecular weight is 422 g/mol. The van der Waals surface area contributed by atoms with Gasteiger partial charge in [0.1, 0.15) is 0 Å². The van der Waals surface area contributed by atoms with Crippen molar-refractivity contribution in [2.24, 2.45) is 17.6 Å². The zero-order valence-corrected chi connectivity index (χ0v) is 17.2. The van der Waals surface area contributed by atoms with Crippen molar-refractivity contribution in [1.29, 1.82) is 0 Å². The summed E-state index contributed by atoms with van der Waals surface area (Å²) in [5.74, 6) is 0.0624. The number of hydrogen-bond acceptors (Lipinski definition) is 3. The van der Waals surface area contributed by atoms with E-state index in [9.17, 15) is 18.0 Å². The second-order valence-electron chi connectivity index (χ2n) is 7.69. The SMILES string of the molecule is CCN(CC1CCN(C(=O)C2CCCCC2(C)N)C1)CC(F)(F)F.Cl.Cl. The first-order valence-corrected chi connectivity index (χ1v) is 8.99. The second-order valence-corrected chi connectivity index (χ2v) is 7.69. The standard InChI is InChI=1S/C17H30F3N3O.2ClH/c1-3-22(12-17(18,19)20)10-13-7-9-23(11-13)15(24)14-6-4-5-8-16(14,2)21;;/h13-14H,3-12,21H2,1-2H3;2*1H. The molecular weight excluding hydrogens is 390 g/mol. The van der Waals surface area contributed by atoms with E-state index in [4.69, 9.17) is 5.73 Å². The van der Waals surface area contributed by atoms with Crippen LogP contribution in [0.3, 0.4) is 0 Å². The molecule has 2 fully saturated rings. The van der Waals surface area contributed by atoms with E-state index in [1.165, 1.54) is 4.90 Å². The Morgan fingerprint density at radius 1 is 1.27 bits per heavy atom. The Balaban J connectivity index is 0.00000312. The van der Waals surface area contributed by atoms with Gasteiger partial charge in [-0.3, -0.25) is 9.69 Å². The Labute approximate surface area is 166 Å². The van der Waals surface area contributed by atoms with Crippen molar-refractivity contribution >= 4 is 30.7 Å². The molecule has 0 aromatic heterocycles. The summed E-state index contributed by atoms with van der Waals surface area (Å²) in [4.78, 5) is 16.0. The lowest BCUT2D eigenvalue weighted by molar-refractivity contribution is -0.147. The van der Waals surface area contributed by atoms with Gasteiger partial charge < -0.3 is 10.6 Å². The Bertz CT molecular complexity index is 449. The predicted molar refractivity (Wildman–Crippen MR) is 102 cm³/mol. The minimum atomic E-state index is -4.17. The smallest absolute Gasteiger partial charge is 0.342 e. The summed E-state index contributed by atoms with van der Waals surface area (Å²) in [7, 11) is 0. The summed E-state index contributed by atoms with van der Waals surface area (Å²) in [6.45, 7) is 4.77. The van der Waals surface area contributed by atoms with Gasteiger partial charge >= 0.3 is 6.18 Å². The number of carbonyl (C=O) groups excluding carboxylic acids is 1. The third kappa shape index (κ3) is 7.06. The molecule has 26 heavy (non-hydrogen) atoms. The molecule has 9 heteroatoms. The lowest BCUT2D eigenvalue weighted by Gasteiger charge is -2.39. The first kappa shape index (κ1) is 25.8. The van der Waals surface area contributed by atoms with Crippen LogP contribution in [-0.4, -0.2) is 60.1 Å². The van der Waals surface area contributed by atoms with Crippen LogP contribution in [0.5, 0.6) is 0 Å². The fraction of sp³-hybridized carbons (Fsp3) is 0.941. The molecule has 2 N–H and O–H groups in total. The third-order valence-corrected chi connectivity index (χ3v) is 5.52. The largest absolute Gasteiger partial charge is 0.401 e. The van der Waals surface area contributed by atoms with E-state index in [1.807, 2.05) is 11.8 Å². The number of nitrogens with zero attached hydrogens (tertiary/aromatic N) is 2. The number of alkyl halides is 3. The van der Waals surface area contributed by atoms with Crippen molar-refractivity contribution in [3.8, 4) is 0 Å². The minimum absolute atomic E-state index is 0. The van der Waals surface area contributed by atoms with Gasteiger partial charge in [-0.1, -0.05) is 19.8 Å². The van der Waals surface area contributed by atoms with Crippen molar-refractivity contribution in [2.75, 3.05) is 32.7 Å². The maximum absolute atomic E-state index is 12.8. The molecule has 1 amide bonds. The molecule has 0 aromatic carbocycles. The Kier molecular flexibility index (Phi) is 10.2. The van der Waals surface area contributed by atoms with E-state index in [2.05, 4.69) is 0 Å². The second kappa shape index (κ2) is 10.3. The first-order chi connectivity index (χ1) is 11.1. The summed E-state index contributed by atoms with van der Waals surface area (Å²) in [5, 5.41) is 0. The lowest BCUT2D eigenvalue weighted by Crippen LogP contribution is -2.53. The van der Waals surface area contributed by atoms with Crippen LogP contribution in [0.15, 0.2) is 0 Å². The average Bonchev–Trinajstić information content (AvgIpc) is 2.92. The number of halogens is 5. The van der Waals surface area contributed by atoms with Gasteiger partial charge in [0.25, 0.3) is 0 Å². The van der Waals surface area contributed by atoms with Gasteiger partial charge in [0, 0.05) is 25.2 Å². The van der Waals surface area contributed by atoms with Gasteiger partial charge in [-0.15, -0.1) is 24.8 Å². The van der Waals surface area contributed by atoms with Crippen molar-refractivity contribution in [1.82, 2.24) is 9.80 Å². The molecule has 3 unspecified atom stereocenters. The van der Waals surface area contributed by atoms with Crippen LogP contribution in [0.25, 0.3) is 0 Å². The summed E-state index contributed by atoms with van der Waals surface area (Å²) in [6, 6.07) is 0. The molecule has 0 radical (unpaired) electrons. The molecule has 156 valence electrons. The monoisotopic (exact) mass is 421 g/mol. The molecule has 1 saturated carbocycles. The molecule has 1 heterocycles. The fourth-order valence-electron chi connectivity index (χ4n) is 4.09. The van der Waals surface area contributed by atoms with Crippen LogP contribution in [0.4, 0.5) is 13.2 Å². The maximum atomic E-state index is 12.8. The minimum Gasteiger partial charge on any atom is -0.342 e. The molecule has 0 aromatic rings. The number of likely N-dealkylation sites (tertiary alicyclic amines) is 1. The van der Waals surface area contributed by atoms with Crippen LogP contribution in [-0.2, 0) is 4.79 Å². The zero-order valence-electron chi connectivity index (χ0n) is 15.6. The molecule has 4 nitrogen and oxygen atoms in total. The van der Waals surface area contributed by atoms with Crippen molar-refractivity contribution in [3.63, 3.8) is 0 Å². The van der Waals surface area contributed by atoms with Crippen molar-refractivity contribution < 1.29 is 18.0 Å². The van der Waals surface area contributed by atoms with Gasteiger partial charge in [0.15, 0.2) is 0 Å². The Hall–Kier alpha value is -0.240. The number of amides is 1. The molecule has 2 rings (SSSR count). The molecular formula is C17H32Cl2F3N3O. The quantitative estimate of drug-likeness (QED) is 0.738. The normalized spacial score (nSPS) is 29.3. The Morgan fingerprint density at radius 2 is 1.92 bits per heavy atom. The van der Waals surface area contributed by atoms with E-state index < -0.39 is 18.3 Å². The lowest BCUT2D eigenvalue weighted by atomic mass is 9.74. The van der Waals surface area contributed by atoms with E-state index in [0.29, 0.717) is 26.2 Å². The highest BCUT2D eigenvalue weighted by molar-refractivity contribution is 5.85. The van der Waals surface area contributed by atoms with Gasteiger partial charge in [-0.2, -0.15) is 13.2 Å². The fourth-order valence-corrected chi connectivity index (χ4v) is 4.09. The van der Waals surface area contributed by atoms with Crippen LogP contribution < -0.4 is 5.73 Å². The number of hydrogen-bond donors (Lipinski definition) is 1. The first-order valence-electron chi connectivity index (χ1n) is 8.99. The maximum Gasteiger partial charge on any atom is 0.401 e. The highest BCUT2D eigenvalue weighted by atomic mass is 35.5. The molecule has 3 atom stereocenters. The summed E-state index contributed by atoms with van der Waals surface area (Å²) in [6.07, 6.45) is 0.359. The topological polar surface area (TPSA) is 49.6 Å². The highest BCUT2D eigenvalue weighted by Gasteiger charge is 2.41. The summed E-state index contributed by atoms with van der Waals surface area (Å²) < 4.78 is 37.7. The van der Waals surface area contributed by atoms with Crippen molar-refractivity contribution in [3.05, 3.63) is 0 Å². The molecule has 1 aliphatic carbocycles. The number of nitrogens with two attached hydrogens (primary N) is 1. The van der Waals surface area contributed by atoms with Crippen molar-refractivity contribution in [2.45, 2.75) is 57.7 Å². The summed E-state index contributed by atoms with van der Waals surface area (Å²) >= 11 is 0. The van der Waals surface area contributed by atoms with E-state index >= 15 is 0 Å². The highest BCUT2D eigenvalue weighted by Crippen LogP contribution is 2.34. The van der Waals surface area contributed by atoms with Gasteiger partial charge in [-0.05, 0) is 38.6 Å². The van der Waals surface area contributed by atoms with E-state index in [-0.39, 0.29) is 42.6 Å². The number of rotatable bonds is 5.